The molecular weight excluding hydrogens is 418 g/mol. The Bertz CT molecular complexity index is 1290. The van der Waals surface area contributed by atoms with Crippen molar-refractivity contribution in [3.63, 3.8) is 0 Å². The standard InChI is InChI=1S/C25H25N5O3/c1-15-8-10-19(11-9-15)30-17(3)22(16(2)28-30)26-21(31)14-29-23(32)25(27-24(29)33)13-12-18-6-4-5-7-20(18)25/h4-11H,12-14H2,1-3H3,(H,26,31)(H,27,33). The van der Waals surface area contributed by atoms with Crippen molar-refractivity contribution < 1.29 is 14.4 Å². The smallest absolute Gasteiger partial charge is 0.321 e. The second kappa shape index (κ2) is 7.58. The Hall–Kier alpha value is -3.94. The van der Waals surface area contributed by atoms with Crippen molar-refractivity contribution >= 4 is 23.5 Å². The van der Waals surface area contributed by atoms with Crippen molar-refractivity contribution in [2.75, 3.05) is 11.9 Å². The lowest BCUT2D eigenvalue weighted by atomic mass is 9.92. The number of fused-ring (bicyclic) bond motifs is 2. The number of carbonyl (C=O) groups is 3. The van der Waals surface area contributed by atoms with Gasteiger partial charge in [-0.1, -0.05) is 42.0 Å². The minimum absolute atomic E-state index is 0.358. The van der Waals surface area contributed by atoms with E-state index in [1.807, 2.05) is 69.3 Å². The topological polar surface area (TPSA) is 96.3 Å². The number of benzene rings is 2. The molecule has 1 aliphatic heterocycles. The third-order valence-electron chi connectivity index (χ3n) is 6.56. The highest BCUT2D eigenvalue weighted by atomic mass is 16.2. The molecule has 33 heavy (non-hydrogen) atoms. The number of hydrogen-bond acceptors (Lipinski definition) is 4. The van der Waals surface area contributed by atoms with Gasteiger partial charge in [-0.2, -0.15) is 5.10 Å². The largest absolute Gasteiger partial charge is 0.325 e. The average Bonchev–Trinajstić information content (AvgIpc) is 3.39. The van der Waals surface area contributed by atoms with Crippen LogP contribution in [0.5, 0.6) is 0 Å². The van der Waals surface area contributed by atoms with Crippen molar-refractivity contribution in [2.45, 2.75) is 39.2 Å². The van der Waals surface area contributed by atoms with E-state index in [1.165, 1.54) is 0 Å². The fraction of sp³-hybridized carbons (Fsp3) is 0.280. The first-order chi connectivity index (χ1) is 15.8. The molecule has 8 nitrogen and oxygen atoms in total. The van der Waals surface area contributed by atoms with Crippen LogP contribution in [0.1, 0.15) is 34.5 Å². The van der Waals surface area contributed by atoms with E-state index in [-0.39, 0.29) is 12.5 Å². The number of aromatic nitrogens is 2. The average molecular weight is 444 g/mol. The third-order valence-corrected chi connectivity index (χ3v) is 6.56. The minimum Gasteiger partial charge on any atom is -0.321 e. The maximum absolute atomic E-state index is 13.3. The van der Waals surface area contributed by atoms with Crippen molar-refractivity contribution in [1.29, 1.82) is 0 Å². The molecule has 8 heteroatoms. The summed E-state index contributed by atoms with van der Waals surface area (Å²) in [6.45, 7) is 5.34. The molecule has 2 aliphatic rings. The number of imide groups is 1. The summed E-state index contributed by atoms with van der Waals surface area (Å²) < 4.78 is 1.77. The molecule has 0 radical (unpaired) electrons. The van der Waals surface area contributed by atoms with Gasteiger partial charge in [0.25, 0.3) is 5.91 Å². The highest BCUT2D eigenvalue weighted by Gasteiger charge is 2.55. The normalized spacial score (nSPS) is 19.2. The van der Waals surface area contributed by atoms with Gasteiger partial charge in [-0.15, -0.1) is 0 Å². The van der Waals surface area contributed by atoms with Crippen molar-refractivity contribution in [3.05, 3.63) is 76.6 Å². The molecule has 4 amide bonds. The van der Waals surface area contributed by atoms with E-state index in [2.05, 4.69) is 15.7 Å². The molecule has 2 N–H and O–H groups in total. The highest BCUT2D eigenvalue weighted by Crippen LogP contribution is 2.41. The molecule has 0 bridgehead atoms. The van der Waals surface area contributed by atoms with Crippen LogP contribution in [0, 0.1) is 20.8 Å². The Morgan fingerprint density at radius 1 is 1.09 bits per heavy atom. The first-order valence-corrected chi connectivity index (χ1v) is 11.0. The predicted molar refractivity (Wildman–Crippen MR) is 123 cm³/mol. The minimum atomic E-state index is -1.07. The van der Waals surface area contributed by atoms with Gasteiger partial charge < -0.3 is 10.6 Å². The molecular formula is C25H25N5O3. The SMILES string of the molecule is Cc1ccc(-n2nc(C)c(NC(=O)CN3C(=O)NC4(CCc5ccccc54)C3=O)c2C)cc1. The summed E-state index contributed by atoms with van der Waals surface area (Å²) in [5.74, 6) is -0.826. The number of anilines is 1. The number of nitrogens with zero attached hydrogens (tertiary/aromatic N) is 3. The van der Waals surface area contributed by atoms with Gasteiger partial charge in [-0.05, 0) is 56.9 Å². The van der Waals surface area contributed by atoms with Crippen LogP contribution in [-0.4, -0.2) is 39.1 Å². The van der Waals surface area contributed by atoms with E-state index in [4.69, 9.17) is 0 Å². The third kappa shape index (κ3) is 3.29. The predicted octanol–water partition coefficient (Wildman–Crippen LogP) is 3.13. The maximum Gasteiger partial charge on any atom is 0.325 e. The molecule has 1 fully saturated rings. The zero-order valence-electron chi connectivity index (χ0n) is 18.8. The number of hydrogen-bond donors (Lipinski definition) is 2. The van der Waals surface area contributed by atoms with E-state index in [0.717, 1.165) is 33.0 Å². The maximum atomic E-state index is 13.3. The van der Waals surface area contributed by atoms with Gasteiger partial charge in [-0.25, -0.2) is 9.48 Å². The molecule has 1 atom stereocenters. The number of aryl methyl sites for hydroxylation is 3. The van der Waals surface area contributed by atoms with Gasteiger partial charge in [0, 0.05) is 0 Å². The molecule has 168 valence electrons. The van der Waals surface area contributed by atoms with Crippen molar-refractivity contribution in [2.24, 2.45) is 0 Å². The lowest BCUT2D eigenvalue weighted by Gasteiger charge is -2.22. The Labute approximate surface area is 191 Å². The van der Waals surface area contributed by atoms with Crippen LogP contribution in [-0.2, 0) is 21.5 Å². The summed E-state index contributed by atoms with van der Waals surface area (Å²) in [5, 5.41) is 10.2. The number of urea groups is 1. The second-order valence-electron chi connectivity index (χ2n) is 8.73. The summed E-state index contributed by atoms with van der Waals surface area (Å²) >= 11 is 0. The van der Waals surface area contributed by atoms with Crippen LogP contribution < -0.4 is 10.6 Å². The fourth-order valence-corrected chi connectivity index (χ4v) is 4.82. The molecule has 2 heterocycles. The van der Waals surface area contributed by atoms with Crippen LogP contribution in [0.4, 0.5) is 10.5 Å². The molecule has 5 rings (SSSR count). The van der Waals surface area contributed by atoms with Crippen LogP contribution in [0.2, 0.25) is 0 Å². The Kier molecular flexibility index (Phi) is 4.81. The van der Waals surface area contributed by atoms with E-state index in [9.17, 15) is 14.4 Å². The lowest BCUT2D eigenvalue weighted by molar-refractivity contribution is -0.134. The quantitative estimate of drug-likeness (QED) is 0.606. The van der Waals surface area contributed by atoms with Crippen LogP contribution in [0.3, 0.4) is 0 Å². The molecule has 0 saturated carbocycles. The molecule has 1 saturated heterocycles. The lowest BCUT2D eigenvalue weighted by Crippen LogP contribution is -2.43. The molecule has 1 unspecified atom stereocenters. The van der Waals surface area contributed by atoms with E-state index in [1.54, 1.807) is 4.68 Å². The Morgan fingerprint density at radius 3 is 2.58 bits per heavy atom. The van der Waals surface area contributed by atoms with Crippen molar-refractivity contribution in [3.8, 4) is 5.69 Å². The number of rotatable bonds is 4. The summed E-state index contributed by atoms with van der Waals surface area (Å²) in [6.07, 6.45) is 1.20. The van der Waals surface area contributed by atoms with Gasteiger partial charge in [0.05, 0.1) is 22.8 Å². The second-order valence-corrected chi connectivity index (χ2v) is 8.73. The number of carbonyl (C=O) groups excluding carboxylic acids is 3. The van der Waals surface area contributed by atoms with Gasteiger partial charge in [0.1, 0.15) is 12.1 Å². The zero-order chi connectivity index (χ0) is 23.3. The van der Waals surface area contributed by atoms with E-state index in [0.29, 0.717) is 24.2 Å². The molecule has 1 aromatic heterocycles. The molecule has 3 aromatic rings. The van der Waals surface area contributed by atoms with Gasteiger partial charge >= 0.3 is 6.03 Å². The van der Waals surface area contributed by atoms with E-state index < -0.39 is 17.5 Å². The molecule has 2 aromatic carbocycles. The number of amides is 4. The number of nitrogens with one attached hydrogen (secondary N) is 2. The monoisotopic (exact) mass is 443 g/mol. The van der Waals surface area contributed by atoms with E-state index >= 15 is 0 Å². The Morgan fingerprint density at radius 2 is 1.82 bits per heavy atom. The van der Waals surface area contributed by atoms with Gasteiger partial charge in [0.2, 0.25) is 5.91 Å². The summed E-state index contributed by atoms with van der Waals surface area (Å²) in [7, 11) is 0. The first-order valence-electron chi connectivity index (χ1n) is 11.0. The zero-order valence-corrected chi connectivity index (χ0v) is 18.8. The molecule has 1 spiro atoms. The van der Waals surface area contributed by atoms with Crippen molar-refractivity contribution in [1.82, 2.24) is 20.0 Å². The van der Waals surface area contributed by atoms with Crippen LogP contribution >= 0.6 is 0 Å². The van der Waals surface area contributed by atoms with Crippen LogP contribution in [0.15, 0.2) is 48.5 Å². The van der Waals surface area contributed by atoms with Gasteiger partial charge in [0.15, 0.2) is 0 Å². The summed E-state index contributed by atoms with van der Waals surface area (Å²) in [5.41, 5.74) is 4.82. The summed E-state index contributed by atoms with van der Waals surface area (Å²) in [4.78, 5) is 39.9. The fourth-order valence-electron chi connectivity index (χ4n) is 4.82. The summed E-state index contributed by atoms with van der Waals surface area (Å²) in [6, 6.07) is 15.0. The Balaban J connectivity index is 1.35. The molecule has 1 aliphatic carbocycles. The van der Waals surface area contributed by atoms with Gasteiger partial charge in [-0.3, -0.25) is 14.5 Å². The van der Waals surface area contributed by atoms with Crippen LogP contribution in [0.25, 0.3) is 5.69 Å². The first kappa shape index (κ1) is 20.9. The highest BCUT2D eigenvalue weighted by molar-refractivity contribution is 6.11.